The van der Waals surface area contributed by atoms with E-state index in [-0.39, 0.29) is 24.0 Å². The van der Waals surface area contributed by atoms with Crippen LogP contribution in [0.2, 0.25) is 0 Å². The van der Waals surface area contributed by atoms with Crippen LogP contribution in [0.25, 0.3) is 11.5 Å². The smallest absolute Gasteiger partial charge is 0.319 e. The van der Waals surface area contributed by atoms with Gasteiger partial charge in [0.05, 0.1) is 33.0 Å². The van der Waals surface area contributed by atoms with Gasteiger partial charge in [0.25, 0.3) is 10.7 Å². The Morgan fingerprint density at radius 1 is 1.14 bits per heavy atom. The number of carbonyl (C=O) groups is 1. The second-order valence-electron chi connectivity index (χ2n) is 6.06. The zero-order valence-electron chi connectivity index (χ0n) is 15.7. The van der Waals surface area contributed by atoms with Crippen LogP contribution in [-0.4, -0.2) is 41.4 Å². The van der Waals surface area contributed by atoms with Gasteiger partial charge in [0.15, 0.2) is 0 Å². The third kappa shape index (κ3) is 4.85. The van der Waals surface area contributed by atoms with Crippen molar-refractivity contribution in [3.63, 3.8) is 0 Å². The summed E-state index contributed by atoms with van der Waals surface area (Å²) in [7, 11) is 2.95. The molecular formula is C20H21N3O4S. The van der Waals surface area contributed by atoms with Gasteiger partial charge in [0, 0.05) is 6.54 Å². The van der Waals surface area contributed by atoms with Gasteiger partial charge in [-0.1, -0.05) is 42.5 Å². The highest BCUT2D eigenvalue weighted by molar-refractivity contribution is 7.71. The van der Waals surface area contributed by atoms with Crippen molar-refractivity contribution in [2.75, 3.05) is 20.8 Å². The Bertz CT molecular complexity index is 984. The molecule has 0 saturated heterocycles. The number of nitrogens with zero attached hydrogens (tertiary/aromatic N) is 3. The summed E-state index contributed by atoms with van der Waals surface area (Å²) in [6, 6.07) is 17.2. The lowest BCUT2D eigenvalue weighted by atomic mass is 10.2. The fourth-order valence-corrected chi connectivity index (χ4v) is 2.94. The van der Waals surface area contributed by atoms with E-state index in [0.29, 0.717) is 23.7 Å². The molecule has 8 heteroatoms. The zero-order valence-corrected chi connectivity index (χ0v) is 16.5. The first-order valence-electron chi connectivity index (χ1n) is 8.65. The van der Waals surface area contributed by atoms with E-state index in [9.17, 15) is 4.79 Å². The molecule has 0 aliphatic heterocycles. The summed E-state index contributed by atoms with van der Waals surface area (Å²) in [6.45, 7) is 0.917. The molecule has 1 aromatic heterocycles. The van der Waals surface area contributed by atoms with Gasteiger partial charge < -0.3 is 13.9 Å². The Kier molecular flexibility index (Phi) is 6.57. The Morgan fingerprint density at radius 3 is 2.57 bits per heavy atom. The van der Waals surface area contributed by atoms with Crippen molar-refractivity contribution in [2.24, 2.45) is 0 Å². The second-order valence-corrected chi connectivity index (χ2v) is 6.41. The molecule has 3 aromatic rings. The highest BCUT2D eigenvalue weighted by Gasteiger charge is 2.17. The molecule has 0 amide bonds. The number of para-hydroxylation sites is 1. The van der Waals surface area contributed by atoms with Crippen molar-refractivity contribution < 1.29 is 18.7 Å². The van der Waals surface area contributed by atoms with Crippen LogP contribution >= 0.6 is 12.2 Å². The average molecular weight is 399 g/mol. The average Bonchev–Trinajstić information content (AvgIpc) is 3.08. The summed E-state index contributed by atoms with van der Waals surface area (Å²) in [5.74, 6) is 0.665. The Hall–Kier alpha value is -2.97. The normalized spacial score (nSPS) is 10.8. The first-order valence-corrected chi connectivity index (χ1v) is 9.06. The number of esters is 1. The summed E-state index contributed by atoms with van der Waals surface area (Å²) in [5.41, 5.74) is 1.77. The van der Waals surface area contributed by atoms with Crippen LogP contribution in [-0.2, 0) is 22.7 Å². The first-order chi connectivity index (χ1) is 13.6. The third-order valence-electron chi connectivity index (χ3n) is 4.11. The van der Waals surface area contributed by atoms with E-state index in [1.54, 1.807) is 11.8 Å². The number of methoxy groups -OCH3 is 2. The van der Waals surface area contributed by atoms with Gasteiger partial charge >= 0.3 is 5.97 Å². The van der Waals surface area contributed by atoms with Gasteiger partial charge in [-0.25, -0.2) is 4.68 Å². The maximum atomic E-state index is 11.8. The van der Waals surface area contributed by atoms with Crippen molar-refractivity contribution in [2.45, 2.75) is 13.2 Å². The maximum absolute atomic E-state index is 11.8. The van der Waals surface area contributed by atoms with Crippen molar-refractivity contribution >= 4 is 18.2 Å². The minimum atomic E-state index is -0.337. The molecular weight excluding hydrogens is 378 g/mol. The molecule has 7 nitrogen and oxygen atoms in total. The Balaban J connectivity index is 1.85. The Morgan fingerprint density at radius 2 is 1.86 bits per heavy atom. The van der Waals surface area contributed by atoms with E-state index < -0.39 is 0 Å². The van der Waals surface area contributed by atoms with E-state index in [4.69, 9.17) is 26.1 Å². The van der Waals surface area contributed by atoms with E-state index in [2.05, 4.69) is 5.10 Å². The summed E-state index contributed by atoms with van der Waals surface area (Å²) >= 11 is 5.33. The van der Waals surface area contributed by atoms with Gasteiger partial charge in [0.1, 0.15) is 5.75 Å². The number of rotatable bonds is 8. The summed E-state index contributed by atoms with van der Waals surface area (Å²) in [4.78, 5) is 13.9. The number of hydrogen-bond donors (Lipinski definition) is 0. The van der Waals surface area contributed by atoms with Gasteiger partial charge in [-0.3, -0.25) is 9.69 Å². The number of hydrogen-bond acceptors (Lipinski definition) is 7. The number of carbonyl (C=O) groups excluding carboxylic acids is 1. The lowest BCUT2D eigenvalue weighted by Gasteiger charge is -2.20. The molecule has 0 atom stereocenters. The molecule has 0 N–H and O–H groups in total. The van der Waals surface area contributed by atoms with Gasteiger partial charge in [-0.15, -0.1) is 5.10 Å². The van der Waals surface area contributed by atoms with Crippen LogP contribution in [0.5, 0.6) is 5.75 Å². The fraction of sp³-hybridized carbons (Fsp3) is 0.250. The second kappa shape index (κ2) is 9.29. The standard InChI is InChI=1S/C20H21N3O4S/c1-25-17-11-7-6-10-16(17)19-21-23(20(28)27-19)14-22(13-18(24)26-2)12-15-8-4-3-5-9-15/h3-11H,12-14H2,1-2H3. The molecule has 3 rings (SSSR count). The molecule has 0 aliphatic rings. The number of benzene rings is 2. The molecule has 2 aromatic carbocycles. The molecule has 0 fully saturated rings. The van der Waals surface area contributed by atoms with E-state index in [1.807, 2.05) is 59.5 Å². The fourth-order valence-electron chi connectivity index (χ4n) is 2.76. The van der Waals surface area contributed by atoms with Crippen LogP contribution in [0.4, 0.5) is 0 Å². The lowest BCUT2D eigenvalue weighted by Crippen LogP contribution is -2.32. The SMILES string of the molecule is COC(=O)CN(Cc1ccccc1)Cn1nc(-c2ccccc2OC)oc1=S. The van der Waals surface area contributed by atoms with Gasteiger partial charge in [-0.2, -0.15) is 0 Å². The molecule has 0 unspecified atom stereocenters. The topological polar surface area (TPSA) is 69.7 Å². The highest BCUT2D eigenvalue weighted by atomic mass is 32.1. The third-order valence-corrected chi connectivity index (χ3v) is 4.40. The molecule has 0 spiro atoms. The summed E-state index contributed by atoms with van der Waals surface area (Å²) in [5, 5.41) is 4.48. The molecule has 146 valence electrons. The molecule has 0 bridgehead atoms. The van der Waals surface area contributed by atoms with Crippen LogP contribution in [0.3, 0.4) is 0 Å². The zero-order chi connectivity index (χ0) is 19.9. The molecule has 28 heavy (non-hydrogen) atoms. The predicted octanol–water partition coefficient (Wildman–Crippen LogP) is 3.51. The first kappa shape index (κ1) is 19.8. The quantitative estimate of drug-likeness (QED) is 0.424. The van der Waals surface area contributed by atoms with Gasteiger partial charge in [-0.05, 0) is 29.9 Å². The Labute approximate surface area is 168 Å². The minimum Gasteiger partial charge on any atom is -0.496 e. The van der Waals surface area contributed by atoms with Crippen molar-refractivity contribution in [1.29, 1.82) is 0 Å². The monoisotopic (exact) mass is 399 g/mol. The van der Waals surface area contributed by atoms with Gasteiger partial charge in [0.2, 0.25) is 0 Å². The lowest BCUT2D eigenvalue weighted by molar-refractivity contribution is -0.142. The van der Waals surface area contributed by atoms with Crippen molar-refractivity contribution in [3.8, 4) is 17.2 Å². The molecule has 0 aliphatic carbocycles. The van der Waals surface area contributed by atoms with Crippen molar-refractivity contribution in [3.05, 3.63) is 65.0 Å². The summed E-state index contributed by atoms with van der Waals surface area (Å²) < 4.78 is 17.4. The van der Waals surface area contributed by atoms with Crippen LogP contribution in [0.1, 0.15) is 5.56 Å². The van der Waals surface area contributed by atoms with Crippen LogP contribution < -0.4 is 4.74 Å². The predicted molar refractivity (Wildman–Crippen MR) is 106 cm³/mol. The highest BCUT2D eigenvalue weighted by Crippen LogP contribution is 2.28. The maximum Gasteiger partial charge on any atom is 0.319 e. The van der Waals surface area contributed by atoms with E-state index in [1.165, 1.54) is 7.11 Å². The van der Waals surface area contributed by atoms with E-state index in [0.717, 1.165) is 5.56 Å². The minimum absolute atomic E-state index is 0.101. The molecule has 1 heterocycles. The van der Waals surface area contributed by atoms with Crippen LogP contribution in [0.15, 0.2) is 59.0 Å². The van der Waals surface area contributed by atoms with Crippen LogP contribution in [0, 0.1) is 4.84 Å². The van der Waals surface area contributed by atoms with Crippen molar-refractivity contribution in [1.82, 2.24) is 14.7 Å². The number of aromatic nitrogens is 2. The number of ether oxygens (including phenoxy) is 2. The largest absolute Gasteiger partial charge is 0.496 e. The van der Waals surface area contributed by atoms with E-state index >= 15 is 0 Å². The molecule has 0 radical (unpaired) electrons. The summed E-state index contributed by atoms with van der Waals surface area (Å²) in [6.07, 6.45) is 0. The molecule has 0 saturated carbocycles.